The van der Waals surface area contributed by atoms with Crippen LogP contribution in [-0.2, 0) is 5.41 Å². The van der Waals surface area contributed by atoms with Gasteiger partial charge in [0.2, 0.25) is 0 Å². The van der Waals surface area contributed by atoms with Crippen LogP contribution in [-0.4, -0.2) is 9.61 Å². The predicted octanol–water partition coefficient (Wildman–Crippen LogP) is 3.86. The van der Waals surface area contributed by atoms with Gasteiger partial charge in [-0.05, 0) is 41.9 Å². The van der Waals surface area contributed by atoms with Crippen molar-refractivity contribution in [2.24, 2.45) is 0 Å². The molecule has 16 heavy (non-hydrogen) atoms. The van der Waals surface area contributed by atoms with Crippen LogP contribution in [0.15, 0.2) is 22.9 Å². The van der Waals surface area contributed by atoms with Gasteiger partial charge in [0.25, 0.3) is 0 Å². The molecule has 0 aliphatic heterocycles. The van der Waals surface area contributed by atoms with E-state index < -0.39 is 5.41 Å². The molecule has 0 aliphatic carbocycles. The molecule has 0 spiro atoms. The number of halogens is 1. The van der Waals surface area contributed by atoms with Crippen molar-refractivity contribution in [3.8, 4) is 6.07 Å². The second-order valence-electron chi connectivity index (χ2n) is 3.80. The fraction of sp³-hybridized carbons (Fsp3) is 0.417. The van der Waals surface area contributed by atoms with E-state index >= 15 is 0 Å². The number of nitrogens with zero attached hydrogens (tertiary/aromatic N) is 2. The van der Waals surface area contributed by atoms with Gasteiger partial charge in [0.05, 0.1) is 17.0 Å². The molecule has 2 rings (SSSR count). The highest BCUT2D eigenvalue weighted by atomic mass is 79.9. The van der Waals surface area contributed by atoms with E-state index in [1.807, 2.05) is 50.5 Å². The van der Waals surface area contributed by atoms with Crippen molar-refractivity contribution in [1.29, 1.82) is 5.26 Å². The lowest BCUT2D eigenvalue weighted by Gasteiger charge is -2.13. The zero-order chi connectivity index (χ0) is 12.3. The fourth-order valence-electron chi connectivity index (χ4n) is 1.61. The Hall–Kier alpha value is -1.21. The molecule has 0 atom stereocenters. The molecule has 1 N–H and O–H groups in total. The molecule has 2 aromatic heterocycles. The maximum absolute atomic E-state index is 9.09. The number of rotatable bonds is 1. The number of aromatic amines is 1. The van der Waals surface area contributed by atoms with E-state index in [4.69, 9.17) is 5.26 Å². The first kappa shape index (κ1) is 12.9. The van der Waals surface area contributed by atoms with Crippen molar-refractivity contribution in [2.45, 2.75) is 33.1 Å². The van der Waals surface area contributed by atoms with Crippen LogP contribution in [0.25, 0.3) is 5.52 Å². The molecule has 4 heteroatoms. The third-order valence-corrected chi connectivity index (χ3v) is 2.92. The standard InChI is InChI=1S/C10H10BrN3.C2H6/c1-10(2,6-12)8-7-4-3-5-14(7)13-9(8)11;1-2/h3-5,13H,1-2H3;1-2H3. The number of fused-ring (bicyclic) bond motifs is 1. The van der Waals surface area contributed by atoms with Gasteiger partial charge in [-0.3, -0.25) is 9.61 Å². The van der Waals surface area contributed by atoms with Crippen molar-refractivity contribution in [1.82, 2.24) is 9.61 Å². The second-order valence-corrected chi connectivity index (χ2v) is 4.59. The highest BCUT2D eigenvalue weighted by Crippen LogP contribution is 2.32. The lowest BCUT2D eigenvalue weighted by Crippen LogP contribution is -2.13. The van der Waals surface area contributed by atoms with Crippen LogP contribution in [0.2, 0.25) is 0 Å². The van der Waals surface area contributed by atoms with Crippen LogP contribution < -0.4 is 0 Å². The number of hydrogen-bond donors (Lipinski definition) is 1. The Kier molecular flexibility index (Phi) is 3.82. The maximum Gasteiger partial charge on any atom is 0.104 e. The molecule has 0 unspecified atom stereocenters. The van der Waals surface area contributed by atoms with Crippen LogP contribution in [0.4, 0.5) is 0 Å². The topological polar surface area (TPSA) is 44.0 Å². The first-order valence-corrected chi connectivity index (χ1v) is 6.12. The van der Waals surface area contributed by atoms with Gasteiger partial charge in [0, 0.05) is 11.8 Å². The average molecular weight is 282 g/mol. The van der Waals surface area contributed by atoms with E-state index in [0.29, 0.717) is 0 Å². The number of aromatic nitrogens is 2. The van der Waals surface area contributed by atoms with Crippen molar-refractivity contribution in [3.05, 3.63) is 28.5 Å². The Labute approximate surface area is 104 Å². The highest BCUT2D eigenvalue weighted by molar-refractivity contribution is 9.10. The lowest BCUT2D eigenvalue weighted by atomic mass is 9.87. The number of nitrogens with one attached hydrogen (secondary N) is 1. The number of hydrogen-bond acceptors (Lipinski definition) is 1. The van der Waals surface area contributed by atoms with Crippen molar-refractivity contribution in [3.63, 3.8) is 0 Å². The van der Waals surface area contributed by atoms with E-state index in [1.54, 1.807) is 0 Å². The molecule has 86 valence electrons. The van der Waals surface area contributed by atoms with Crippen molar-refractivity contribution < 1.29 is 0 Å². The summed E-state index contributed by atoms with van der Waals surface area (Å²) in [6.07, 6.45) is 1.93. The monoisotopic (exact) mass is 281 g/mol. The van der Waals surface area contributed by atoms with Gasteiger partial charge in [0.15, 0.2) is 0 Å². The Morgan fingerprint density at radius 1 is 1.44 bits per heavy atom. The van der Waals surface area contributed by atoms with E-state index in [-0.39, 0.29) is 0 Å². The number of nitriles is 1. The Bertz CT molecular complexity index is 514. The first-order chi connectivity index (χ1) is 7.56. The third-order valence-electron chi connectivity index (χ3n) is 2.35. The normalized spacial score (nSPS) is 10.8. The SMILES string of the molecule is CC.CC(C)(C#N)c1c(Br)[nH]n2cccc12. The quantitative estimate of drug-likeness (QED) is 0.848. The first-order valence-electron chi connectivity index (χ1n) is 5.32. The summed E-state index contributed by atoms with van der Waals surface area (Å²) < 4.78 is 2.78. The van der Waals surface area contributed by atoms with Gasteiger partial charge in [0.1, 0.15) is 4.60 Å². The van der Waals surface area contributed by atoms with Gasteiger partial charge < -0.3 is 0 Å². The molecular formula is C12H16BrN3. The van der Waals surface area contributed by atoms with E-state index in [0.717, 1.165) is 15.7 Å². The van der Waals surface area contributed by atoms with Gasteiger partial charge in [-0.25, -0.2) is 0 Å². The van der Waals surface area contributed by atoms with Crippen LogP contribution in [0.3, 0.4) is 0 Å². The summed E-state index contributed by atoms with van der Waals surface area (Å²) in [4.78, 5) is 0. The minimum Gasteiger partial charge on any atom is -0.287 e. The van der Waals surface area contributed by atoms with Crippen molar-refractivity contribution >= 4 is 21.4 Å². The molecule has 3 nitrogen and oxygen atoms in total. The average Bonchev–Trinajstić information content (AvgIpc) is 2.79. The smallest absolute Gasteiger partial charge is 0.104 e. The van der Waals surface area contributed by atoms with Crippen LogP contribution in [0.1, 0.15) is 33.3 Å². The fourth-order valence-corrected chi connectivity index (χ4v) is 2.50. The van der Waals surface area contributed by atoms with Crippen LogP contribution in [0.5, 0.6) is 0 Å². The number of H-pyrrole nitrogens is 1. The highest BCUT2D eigenvalue weighted by Gasteiger charge is 2.27. The molecule has 2 heterocycles. The summed E-state index contributed by atoms with van der Waals surface area (Å²) >= 11 is 3.44. The van der Waals surface area contributed by atoms with Crippen LogP contribution in [0, 0.1) is 11.3 Å². The molecular weight excluding hydrogens is 266 g/mol. The Morgan fingerprint density at radius 3 is 2.62 bits per heavy atom. The Balaban J connectivity index is 0.000000606. The van der Waals surface area contributed by atoms with Gasteiger partial charge in [-0.15, -0.1) is 0 Å². The zero-order valence-electron chi connectivity index (χ0n) is 10.0. The molecule has 0 fully saturated rings. The summed E-state index contributed by atoms with van der Waals surface area (Å²) in [6, 6.07) is 6.25. The summed E-state index contributed by atoms with van der Waals surface area (Å²) in [5, 5.41) is 12.2. The zero-order valence-corrected chi connectivity index (χ0v) is 11.6. The minimum atomic E-state index is -0.488. The third kappa shape index (κ3) is 2.00. The van der Waals surface area contributed by atoms with Gasteiger partial charge in [-0.1, -0.05) is 13.8 Å². The predicted molar refractivity (Wildman–Crippen MR) is 69.4 cm³/mol. The van der Waals surface area contributed by atoms with E-state index in [2.05, 4.69) is 27.1 Å². The molecule has 0 bridgehead atoms. The molecule has 0 saturated heterocycles. The molecule has 0 amide bonds. The molecule has 0 aliphatic rings. The van der Waals surface area contributed by atoms with E-state index in [9.17, 15) is 0 Å². The summed E-state index contributed by atoms with van der Waals surface area (Å²) in [5.74, 6) is 0. The summed E-state index contributed by atoms with van der Waals surface area (Å²) in [5.41, 5.74) is 1.56. The van der Waals surface area contributed by atoms with Crippen LogP contribution >= 0.6 is 15.9 Å². The summed E-state index contributed by atoms with van der Waals surface area (Å²) in [6.45, 7) is 7.82. The minimum absolute atomic E-state index is 0.488. The van der Waals surface area contributed by atoms with Gasteiger partial charge in [-0.2, -0.15) is 5.26 Å². The maximum atomic E-state index is 9.09. The van der Waals surface area contributed by atoms with Crippen molar-refractivity contribution in [2.75, 3.05) is 0 Å². The lowest BCUT2D eigenvalue weighted by molar-refractivity contribution is 0.689. The van der Waals surface area contributed by atoms with E-state index in [1.165, 1.54) is 0 Å². The molecule has 0 saturated carbocycles. The Morgan fingerprint density at radius 2 is 2.06 bits per heavy atom. The summed E-state index contributed by atoms with van der Waals surface area (Å²) in [7, 11) is 0. The second kappa shape index (κ2) is 4.75. The van der Waals surface area contributed by atoms with Gasteiger partial charge >= 0.3 is 0 Å². The molecule has 2 aromatic rings. The largest absolute Gasteiger partial charge is 0.287 e. The molecule has 0 aromatic carbocycles. The molecule has 0 radical (unpaired) electrons.